The molecule has 0 amide bonds. The highest BCUT2D eigenvalue weighted by molar-refractivity contribution is 9.10. The average Bonchev–Trinajstić information content (AvgIpc) is 2.32. The molecule has 1 heterocycles. The number of nitrogens with zero attached hydrogens (tertiary/aromatic N) is 1. The second-order valence-corrected chi connectivity index (χ2v) is 4.44. The van der Waals surface area contributed by atoms with E-state index >= 15 is 0 Å². The molecule has 17 heavy (non-hydrogen) atoms. The minimum atomic E-state index is -0.980. The van der Waals surface area contributed by atoms with E-state index in [0.717, 1.165) is 0 Å². The van der Waals surface area contributed by atoms with Crippen LogP contribution in [0.4, 0.5) is 10.1 Å². The molecule has 1 aromatic carbocycles. The van der Waals surface area contributed by atoms with E-state index in [4.69, 9.17) is 5.73 Å². The number of aliphatic hydroxyl groups is 1. The van der Waals surface area contributed by atoms with Crippen LogP contribution in [0.1, 0.15) is 17.2 Å². The van der Waals surface area contributed by atoms with Crippen molar-refractivity contribution in [3.05, 3.63) is 58.1 Å². The standard InChI is InChI=1S/C12H10BrFN2O/c13-9-2-1-7(5-10(9)14)12(17)8-6-16-4-3-11(8)15/h1-6,12,17H,(H2,15,16). The first kappa shape index (κ1) is 12.0. The molecule has 5 heteroatoms. The highest BCUT2D eigenvalue weighted by atomic mass is 79.9. The van der Waals surface area contributed by atoms with Gasteiger partial charge in [-0.2, -0.15) is 0 Å². The maximum atomic E-state index is 13.4. The second-order valence-electron chi connectivity index (χ2n) is 3.58. The van der Waals surface area contributed by atoms with Crippen molar-refractivity contribution in [2.45, 2.75) is 6.10 Å². The molecule has 2 aromatic rings. The lowest BCUT2D eigenvalue weighted by atomic mass is 10.0. The van der Waals surface area contributed by atoms with Gasteiger partial charge in [0.2, 0.25) is 0 Å². The zero-order valence-corrected chi connectivity index (χ0v) is 10.4. The number of aliphatic hydroxyl groups excluding tert-OH is 1. The Morgan fingerprint density at radius 3 is 2.76 bits per heavy atom. The highest BCUT2D eigenvalue weighted by Gasteiger charge is 2.14. The number of hydrogen-bond acceptors (Lipinski definition) is 3. The second kappa shape index (κ2) is 4.81. The van der Waals surface area contributed by atoms with Gasteiger partial charge in [-0.3, -0.25) is 4.98 Å². The van der Waals surface area contributed by atoms with E-state index in [1.165, 1.54) is 18.5 Å². The molecule has 0 spiro atoms. The van der Waals surface area contributed by atoms with Crippen LogP contribution < -0.4 is 5.73 Å². The molecule has 1 atom stereocenters. The van der Waals surface area contributed by atoms with Crippen LogP contribution in [0.2, 0.25) is 0 Å². The number of aromatic nitrogens is 1. The van der Waals surface area contributed by atoms with Gasteiger partial charge in [0, 0.05) is 23.6 Å². The Kier molecular flexibility index (Phi) is 3.40. The quantitative estimate of drug-likeness (QED) is 0.896. The van der Waals surface area contributed by atoms with Crippen molar-refractivity contribution in [2.75, 3.05) is 5.73 Å². The largest absolute Gasteiger partial charge is 0.398 e. The van der Waals surface area contributed by atoms with Crippen LogP contribution in [0.5, 0.6) is 0 Å². The Labute approximate surface area is 106 Å². The lowest BCUT2D eigenvalue weighted by molar-refractivity contribution is 0.220. The molecular formula is C12H10BrFN2O. The summed E-state index contributed by atoms with van der Waals surface area (Å²) in [6.45, 7) is 0. The molecular weight excluding hydrogens is 287 g/mol. The summed E-state index contributed by atoms with van der Waals surface area (Å²) in [4.78, 5) is 3.89. The first-order chi connectivity index (χ1) is 8.09. The van der Waals surface area contributed by atoms with Gasteiger partial charge in [-0.1, -0.05) is 6.07 Å². The Hall–Kier alpha value is -1.46. The van der Waals surface area contributed by atoms with Gasteiger partial charge in [-0.05, 0) is 39.7 Å². The molecule has 0 radical (unpaired) electrons. The minimum Gasteiger partial charge on any atom is -0.398 e. The van der Waals surface area contributed by atoms with E-state index in [1.54, 1.807) is 18.2 Å². The number of nitrogen functional groups attached to an aromatic ring is 1. The molecule has 0 aliphatic heterocycles. The third kappa shape index (κ3) is 2.45. The highest BCUT2D eigenvalue weighted by Crippen LogP contribution is 2.27. The summed E-state index contributed by atoms with van der Waals surface area (Å²) in [6.07, 6.45) is 2.03. The molecule has 2 rings (SSSR count). The van der Waals surface area contributed by atoms with Gasteiger partial charge in [0.25, 0.3) is 0 Å². The van der Waals surface area contributed by atoms with Crippen molar-refractivity contribution in [3.8, 4) is 0 Å². The number of halogens is 2. The van der Waals surface area contributed by atoms with Crippen LogP contribution in [-0.4, -0.2) is 10.1 Å². The Balaban J connectivity index is 2.40. The number of nitrogens with two attached hydrogens (primary N) is 1. The minimum absolute atomic E-state index is 0.354. The third-order valence-electron chi connectivity index (χ3n) is 2.44. The number of anilines is 1. The predicted molar refractivity (Wildman–Crippen MR) is 66.8 cm³/mol. The summed E-state index contributed by atoms with van der Waals surface area (Å²) in [7, 11) is 0. The smallest absolute Gasteiger partial charge is 0.137 e. The molecule has 3 N–H and O–H groups in total. The summed E-state index contributed by atoms with van der Waals surface area (Å²) in [6, 6.07) is 6.03. The Morgan fingerprint density at radius 1 is 1.35 bits per heavy atom. The van der Waals surface area contributed by atoms with Gasteiger partial charge < -0.3 is 10.8 Å². The topological polar surface area (TPSA) is 59.1 Å². The van der Waals surface area contributed by atoms with E-state index in [2.05, 4.69) is 20.9 Å². The van der Waals surface area contributed by atoms with Crippen molar-refractivity contribution < 1.29 is 9.50 Å². The van der Waals surface area contributed by atoms with Crippen molar-refractivity contribution in [1.82, 2.24) is 4.98 Å². The lowest BCUT2D eigenvalue weighted by Crippen LogP contribution is -2.04. The van der Waals surface area contributed by atoms with Crippen molar-refractivity contribution in [3.63, 3.8) is 0 Å². The first-order valence-electron chi connectivity index (χ1n) is 4.92. The SMILES string of the molecule is Nc1ccncc1C(O)c1ccc(Br)c(F)c1. The Bertz CT molecular complexity index is 548. The van der Waals surface area contributed by atoms with Crippen LogP contribution in [0, 0.1) is 5.82 Å². The normalized spacial score (nSPS) is 12.4. The van der Waals surface area contributed by atoms with Crippen molar-refractivity contribution in [2.24, 2.45) is 0 Å². The van der Waals surface area contributed by atoms with E-state index < -0.39 is 11.9 Å². The van der Waals surface area contributed by atoms with Gasteiger partial charge in [-0.15, -0.1) is 0 Å². The van der Waals surface area contributed by atoms with Gasteiger partial charge in [0.05, 0.1) is 4.47 Å². The molecule has 0 bridgehead atoms. The summed E-state index contributed by atoms with van der Waals surface area (Å²) in [5.41, 5.74) is 7.05. The fraction of sp³-hybridized carbons (Fsp3) is 0.0833. The molecule has 0 aliphatic carbocycles. The number of pyridine rings is 1. The molecule has 0 aliphatic rings. The van der Waals surface area contributed by atoms with Crippen LogP contribution in [0.15, 0.2) is 41.1 Å². The van der Waals surface area contributed by atoms with Crippen LogP contribution in [0.25, 0.3) is 0 Å². The molecule has 88 valence electrons. The summed E-state index contributed by atoms with van der Waals surface area (Å²) in [5.74, 6) is -0.427. The molecule has 0 fully saturated rings. The molecule has 1 aromatic heterocycles. The Morgan fingerprint density at radius 2 is 2.12 bits per heavy atom. The van der Waals surface area contributed by atoms with Gasteiger partial charge in [-0.25, -0.2) is 4.39 Å². The molecule has 0 saturated carbocycles. The molecule has 3 nitrogen and oxygen atoms in total. The van der Waals surface area contributed by atoms with E-state index in [0.29, 0.717) is 21.3 Å². The van der Waals surface area contributed by atoms with Crippen molar-refractivity contribution in [1.29, 1.82) is 0 Å². The number of hydrogen-bond donors (Lipinski definition) is 2. The monoisotopic (exact) mass is 296 g/mol. The lowest BCUT2D eigenvalue weighted by Gasteiger charge is -2.13. The molecule has 1 unspecified atom stereocenters. The summed E-state index contributed by atoms with van der Waals surface area (Å²) in [5, 5.41) is 10.1. The zero-order chi connectivity index (χ0) is 12.4. The van der Waals surface area contributed by atoms with E-state index in [9.17, 15) is 9.50 Å². The van der Waals surface area contributed by atoms with Crippen LogP contribution >= 0.6 is 15.9 Å². The van der Waals surface area contributed by atoms with Gasteiger partial charge >= 0.3 is 0 Å². The van der Waals surface area contributed by atoms with Gasteiger partial charge in [0.15, 0.2) is 0 Å². The number of rotatable bonds is 2. The fourth-order valence-corrected chi connectivity index (χ4v) is 1.75. The van der Waals surface area contributed by atoms with Crippen LogP contribution in [0.3, 0.4) is 0 Å². The van der Waals surface area contributed by atoms with E-state index in [-0.39, 0.29) is 0 Å². The summed E-state index contributed by atoms with van der Waals surface area (Å²) < 4.78 is 13.7. The predicted octanol–water partition coefficient (Wildman–Crippen LogP) is 2.65. The molecule has 0 saturated heterocycles. The van der Waals surface area contributed by atoms with Crippen LogP contribution in [-0.2, 0) is 0 Å². The number of benzene rings is 1. The maximum Gasteiger partial charge on any atom is 0.137 e. The summed E-state index contributed by atoms with van der Waals surface area (Å²) >= 11 is 3.06. The van der Waals surface area contributed by atoms with Gasteiger partial charge in [0.1, 0.15) is 11.9 Å². The van der Waals surface area contributed by atoms with Crippen molar-refractivity contribution >= 4 is 21.6 Å². The van der Waals surface area contributed by atoms with E-state index in [1.807, 2.05) is 0 Å². The third-order valence-corrected chi connectivity index (χ3v) is 3.08. The fourth-order valence-electron chi connectivity index (χ4n) is 1.51. The zero-order valence-electron chi connectivity index (χ0n) is 8.77. The maximum absolute atomic E-state index is 13.4. The first-order valence-corrected chi connectivity index (χ1v) is 5.71. The average molecular weight is 297 g/mol.